The molecule has 1 nitrogen and oxygen atoms in total. The van der Waals surface area contributed by atoms with Crippen molar-refractivity contribution in [3.63, 3.8) is 0 Å². The molecule has 0 bridgehead atoms. The molecule has 84 valence electrons. The van der Waals surface area contributed by atoms with E-state index in [4.69, 9.17) is 0 Å². The van der Waals surface area contributed by atoms with Crippen molar-refractivity contribution in [1.82, 2.24) is 5.32 Å². The van der Waals surface area contributed by atoms with E-state index in [0.29, 0.717) is 0 Å². The quantitative estimate of drug-likeness (QED) is 0.795. The van der Waals surface area contributed by atoms with Gasteiger partial charge in [-0.3, -0.25) is 0 Å². The van der Waals surface area contributed by atoms with Crippen LogP contribution in [0.1, 0.15) is 24.1 Å². The van der Waals surface area contributed by atoms with E-state index in [0.717, 1.165) is 6.04 Å². The summed E-state index contributed by atoms with van der Waals surface area (Å²) >= 11 is 3.98. The summed E-state index contributed by atoms with van der Waals surface area (Å²) < 4.78 is 0. The molecule has 0 atom stereocenters. The summed E-state index contributed by atoms with van der Waals surface area (Å²) in [7, 11) is 0. The second-order valence-electron chi connectivity index (χ2n) is 4.02. The normalized spacial score (nSPS) is 18.1. The molecule has 1 aliphatic heterocycles. The first kappa shape index (κ1) is 11.5. The van der Waals surface area contributed by atoms with Crippen molar-refractivity contribution in [3.8, 4) is 0 Å². The molecule has 1 N–H and O–H groups in total. The van der Waals surface area contributed by atoms with Gasteiger partial charge in [0.25, 0.3) is 0 Å². The molecule has 0 aliphatic carbocycles. The summed E-state index contributed by atoms with van der Waals surface area (Å²) in [6.45, 7) is 1.19. The number of nitrogens with one attached hydrogen (secondary N) is 1. The summed E-state index contributed by atoms with van der Waals surface area (Å²) in [5.74, 6) is 2.70. The summed E-state index contributed by atoms with van der Waals surface area (Å²) in [6, 6.07) is 5.18. The number of hydrogen-bond donors (Lipinski definition) is 1. The fraction of sp³-hybridized carbons (Fsp3) is 0.667. The maximum atomic E-state index is 3.68. The molecular formula is C12H19NS2. The predicted octanol–water partition coefficient (Wildman–Crippen LogP) is 3.17. The van der Waals surface area contributed by atoms with Gasteiger partial charge in [0, 0.05) is 10.9 Å². The van der Waals surface area contributed by atoms with E-state index in [1.807, 2.05) is 11.3 Å². The van der Waals surface area contributed by atoms with Gasteiger partial charge in [-0.2, -0.15) is 11.8 Å². The van der Waals surface area contributed by atoms with Gasteiger partial charge in [-0.15, -0.1) is 11.3 Å². The molecule has 0 radical (unpaired) electrons. The SMILES string of the molecule is c1csc(CCCNC2CCSCC2)c1. The standard InChI is InChI=1S/C12H19NS2/c1(3-12-4-2-8-15-12)7-13-11-5-9-14-10-6-11/h2,4,8,11,13H,1,3,5-7,9-10H2. The van der Waals surface area contributed by atoms with Crippen molar-refractivity contribution < 1.29 is 0 Å². The first-order valence-electron chi connectivity index (χ1n) is 5.78. The molecule has 1 aliphatic rings. The molecule has 0 saturated carbocycles. The summed E-state index contributed by atoms with van der Waals surface area (Å²) in [5, 5.41) is 5.84. The Bertz CT molecular complexity index is 253. The second-order valence-corrected chi connectivity index (χ2v) is 6.28. The lowest BCUT2D eigenvalue weighted by atomic mass is 10.1. The number of thiophene rings is 1. The van der Waals surface area contributed by atoms with Gasteiger partial charge in [-0.25, -0.2) is 0 Å². The van der Waals surface area contributed by atoms with Crippen LogP contribution in [0, 0.1) is 0 Å². The molecule has 1 aromatic rings. The highest BCUT2D eigenvalue weighted by molar-refractivity contribution is 7.99. The van der Waals surface area contributed by atoms with Crippen LogP contribution in [0.3, 0.4) is 0 Å². The van der Waals surface area contributed by atoms with Crippen LogP contribution in [0.25, 0.3) is 0 Å². The van der Waals surface area contributed by atoms with Crippen molar-refractivity contribution in [2.75, 3.05) is 18.1 Å². The van der Waals surface area contributed by atoms with Crippen LogP contribution in [0.5, 0.6) is 0 Å². The van der Waals surface area contributed by atoms with E-state index < -0.39 is 0 Å². The molecule has 1 aromatic heterocycles. The molecule has 0 unspecified atom stereocenters. The fourth-order valence-electron chi connectivity index (χ4n) is 1.93. The van der Waals surface area contributed by atoms with Crippen LogP contribution in [-0.2, 0) is 6.42 Å². The van der Waals surface area contributed by atoms with E-state index >= 15 is 0 Å². The summed E-state index contributed by atoms with van der Waals surface area (Å²) in [6.07, 6.45) is 5.25. The van der Waals surface area contributed by atoms with Crippen molar-refractivity contribution >= 4 is 23.1 Å². The monoisotopic (exact) mass is 241 g/mol. The van der Waals surface area contributed by atoms with E-state index in [1.165, 1.54) is 48.6 Å². The average Bonchev–Trinajstić information content (AvgIpc) is 2.79. The largest absolute Gasteiger partial charge is 0.314 e. The van der Waals surface area contributed by atoms with Crippen LogP contribution in [0.2, 0.25) is 0 Å². The van der Waals surface area contributed by atoms with Crippen LogP contribution in [0.4, 0.5) is 0 Å². The van der Waals surface area contributed by atoms with Gasteiger partial charge in [0.2, 0.25) is 0 Å². The van der Waals surface area contributed by atoms with Gasteiger partial charge in [0.1, 0.15) is 0 Å². The van der Waals surface area contributed by atoms with E-state index in [1.54, 1.807) is 0 Å². The Morgan fingerprint density at radius 3 is 2.93 bits per heavy atom. The zero-order valence-corrected chi connectivity index (χ0v) is 10.7. The third-order valence-corrected chi connectivity index (χ3v) is 4.82. The molecule has 0 amide bonds. The molecule has 2 heterocycles. The zero-order valence-electron chi connectivity index (χ0n) is 9.08. The first-order chi connectivity index (χ1) is 7.45. The second kappa shape index (κ2) is 6.56. The Balaban J connectivity index is 1.54. The lowest BCUT2D eigenvalue weighted by molar-refractivity contribution is 0.477. The van der Waals surface area contributed by atoms with Crippen LogP contribution >= 0.6 is 23.1 Å². The molecule has 15 heavy (non-hydrogen) atoms. The molecule has 2 rings (SSSR count). The maximum absolute atomic E-state index is 3.68. The van der Waals surface area contributed by atoms with E-state index in [-0.39, 0.29) is 0 Å². The van der Waals surface area contributed by atoms with Crippen molar-refractivity contribution in [2.24, 2.45) is 0 Å². The Morgan fingerprint density at radius 2 is 2.20 bits per heavy atom. The number of hydrogen-bond acceptors (Lipinski definition) is 3. The Hall–Kier alpha value is 0.01000. The minimum Gasteiger partial charge on any atom is -0.314 e. The fourth-order valence-corrected chi connectivity index (χ4v) is 3.78. The molecule has 1 fully saturated rings. The molecule has 3 heteroatoms. The minimum absolute atomic E-state index is 0.801. The van der Waals surface area contributed by atoms with Crippen molar-refractivity contribution in [3.05, 3.63) is 22.4 Å². The zero-order chi connectivity index (χ0) is 10.3. The van der Waals surface area contributed by atoms with Gasteiger partial charge in [0.15, 0.2) is 0 Å². The van der Waals surface area contributed by atoms with E-state index in [9.17, 15) is 0 Å². The lowest BCUT2D eigenvalue weighted by Gasteiger charge is -2.22. The first-order valence-corrected chi connectivity index (χ1v) is 7.82. The summed E-state index contributed by atoms with van der Waals surface area (Å²) in [4.78, 5) is 1.52. The van der Waals surface area contributed by atoms with E-state index in [2.05, 4.69) is 34.6 Å². The van der Waals surface area contributed by atoms with Gasteiger partial charge in [-0.1, -0.05) is 6.07 Å². The van der Waals surface area contributed by atoms with Crippen LogP contribution in [-0.4, -0.2) is 24.1 Å². The molecular weight excluding hydrogens is 222 g/mol. The van der Waals surface area contributed by atoms with Crippen LogP contribution < -0.4 is 5.32 Å². The lowest BCUT2D eigenvalue weighted by Crippen LogP contribution is -2.33. The Morgan fingerprint density at radius 1 is 1.33 bits per heavy atom. The smallest absolute Gasteiger partial charge is 0.00827 e. The molecule has 0 spiro atoms. The van der Waals surface area contributed by atoms with Crippen molar-refractivity contribution in [2.45, 2.75) is 31.7 Å². The highest BCUT2D eigenvalue weighted by Gasteiger charge is 2.11. The number of thioether (sulfide) groups is 1. The topological polar surface area (TPSA) is 12.0 Å². The van der Waals surface area contributed by atoms with Gasteiger partial charge >= 0.3 is 0 Å². The third-order valence-electron chi connectivity index (χ3n) is 2.83. The summed E-state index contributed by atoms with van der Waals surface area (Å²) in [5.41, 5.74) is 0. The third kappa shape index (κ3) is 4.17. The Kier molecular flexibility index (Phi) is 5.03. The van der Waals surface area contributed by atoms with Gasteiger partial charge in [-0.05, 0) is 55.2 Å². The molecule has 0 aromatic carbocycles. The maximum Gasteiger partial charge on any atom is 0.00827 e. The number of aryl methyl sites for hydroxylation is 1. The molecule has 1 saturated heterocycles. The van der Waals surface area contributed by atoms with Gasteiger partial charge < -0.3 is 5.32 Å². The highest BCUT2D eigenvalue weighted by Crippen LogP contribution is 2.17. The minimum atomic E-state index is 0.801. The Labute approximate surface area is 101 Å². The van der Waals surface area contributed by atoms with Crippen LogP contribution in [0.15, 0.2) is 17.5 Å². The highest BCUT2D eigenvalue weighted by atomic mass is 32.2. The predicted molar refractivity (Wildman–Crippen MR) is 71.0 cm³/mol. The van der Waals surface area contributed by atoms with Gasteiger partial charge in [0.05, 0.1) is 0 Å². The van der Waals surface area contributed by atoms with Crippen molar-refractivity contribution in [1.29, 1.82) is 0 Å². The number of rotatable bonds is 5. The average molecular weight is 241 g/mol.